The van der Waals surface area contributed by atoms with Crippen LogP contribution >= 0.6 is 0 Å². The largest absolute Gasteiger partial charge is 0.495 e. The van der Waals surface area contributed by atoms with E-state index in [2.05, 4.69) is 5.32 Å². The second-order valence-corrected chi connectivity index (χ2v) is 5.79. The fraction of sp³-hybridized carbons (Fsp3) is 0.588. The maximum atomic E-state index is 12.1. The number of carbonyl (C=O) groups excluding carboxylic acids is 1. The van der Waals surface area contributed by atoms with Gasteiger partial charge in [0.1, 0.15) is 5.75 Å². The summed E-state index contributed by atoms with van der Waals surface area (Å²) in [5.41, 5.74) is 1.90. The van der Waals surface area contributed by atoms with Gasteiger partial charge in [0.05, 0.1) is 12.8 Å². The molecule has 3 nitrogen and oxygen atoms in total. The number of amides is 1. The summed E-state index contributed by atoms with van der Waals surface area (Å²) in [6.07, 6.45) is 8.24. The van der Waals surface area contributed by atoms with Gasteiger partial charge in [-0.1, -0.05) is 38.2 Å². The topological polar surface area (TPSA) is 38.3 Å². The lowest BCUT2D eigenvalue weighted by Gasteiger charge is -2.21. The number of nitrogens with one attached hydrogen (secondary N) is 1. The number of rotatable bonds is 5. The smallest absolute Gasteiger partial charge is 0.224 e. The average molecular weight is 275 g/mol. The van der Waals surface area contributed by atoms with Crippen molar-refractivity contribution in [1.29, 1.82) is 0 Å². The number of anilines is 1. The monoisotopic (exact) mass is 275 g/mol. The van der Waals surface area contributed by atoms with Crippen LogP contribution in [0.5, 0.6) is 5.75 Å². The van der Waals surface area contributed by atoms with E-state index in [1.165, 1.54) is 32.1 Å². The fourth-order valence-corrected chi connectivity index (χ4v) is 2.94. The second-order valence-electron chi connectivity index (χ2n) is 5.79. The number of hydrogen-bond donors (Lipinski definition) is 1. The third kappa shape index (κ3) is 4.26. The van der Waals surface area contributed by atoms with Gasteiger partial charge in [0.15, 0.2) is 0 Å². The molecule has 0 saturated heterocycles. The van der Waals surface area contributed by atoms with Crippen LogP contribution in [0.25, 0.3) is 0 Å². The Morgan fingerprint density at radius 1 is 1.30 bits per heavy atom. The van der Waals surface area contributed by atoms with Crippen molar-refractivity contribution in [3.05, 3.63) is 23.8 Å². The van der Waals surface area contributed by atoms with Crippen molar-refractivity contribution in [2.24, 2.45) is 5.92 Å². The van der Waals surface area contributed by atoms with Crippen molar-refractivity contribution < 1.29 is 9.53 Å². The third-order valence-electron chi connectivity index (χ3n) is 4.13. The van der Waals surface area contributed by atoms with Gasteiger partial charge in [-0.05, 0) is 37.0 Å². The average Bonchev–Trinajstić information content (AvgIpc) is 2.46. The molecule has 20 heavy (non-hydrogen) atoms. The minimum Gasteiger partial charge on any atom is -0.495 e. The molecule has 0 aliphatic heterocycles. The zero-order valence-electron chi connectivity index (χ0n) is 12.6. The van der Waals surface area contributed by atoms with Crippen molar-refractivity contribution in [2.45, 2.75) is 51.9 Å². The third-order valence-corrected chi connectivity index (χ3v) is 4.13. The molecule has 2 rings (SSSR count). The summed E-state index contributed by atoms with van der Waals surface area (Å²) in [4.78, 5) is 12.1. The molecule has 110 valence electrons. The van der Waals surface area contributed by atoms with E-state index >= 15 is 0 Å². The molecular weight excluding hydrogens is 250 g/mol. The van der Waals surface area contributed by atoms with Crippen LogP contribution in [0.4, 0.5) is 5.69 Å². The molecule has 0 heterocycles. The number of methoxy groups -OCH3 is 1. The standard InChI is InChI=1S/C17H25NO2/c1-13-8-10-16(20-2)15(12-13)18-17(19)11-9-14-6-4-3-5-7-14/h8,10,12,14H,3-7,9,11H2,1-2H3,(H,18,19). The SMILES string of the molecule is COc1ccc(C)cc1NC(=O)CCC1CCCCC1. The molecule has 1 amide bonds. The Morgan fingerprint density at radius 3 is 2.75 bits per heavy atom. The van der Waals surface area contributed by atoms with Crippen LogP contribution in [0, 0.1) is 12.8 Å². The molecule has 1 aliphatic carbocycles. The Hall–Kier alpha value is -1.51. The predicted octanol–water partition coefficient (Wildman–Crippen LogP) is 4.30. The summed E-state index contributed by atoms with van der Waals surface area (Å²) in [6, 6.07) is 5.83. The second kappa shape index (κ2) is 7.32. The van der Waals surface area contributed by atoms with Gasteiger partial charge >= 0.3 is 0 Å². The molecule has 0 atom stereocenters. The zero-order valence-corrected chi connectivity index (χ0v) is 12.6. The minimum atomic E-state index is 0.0967. The maximum absolute atomic E-state index is 12.1. The van der Waals surface area contributed by atoms with E-state index < -0.39 is 0 Å². The molecule has 0 unspecified atom stereocenters. The first-order valence-corrected chi connectivity index (χ1v) is 7.63. The van der Waals surface area contributed by atoms with Crippen molar-refractivity contribution in [3.8, 4) is 5.75 Å². The van der Waals surface area contributed by atoms with E-state index in [9.17, 15) is 4.79 Å². The summed E-state index contributed by atoms with van der Waals surface area (Å²) in [5.74, 6) is 1.56. The molecule has 1 aromatic carbocycles. The van der Waals surface area contributed by atoms with Crippen LogP contribution in [0.3, 0.4) is 0 Å². The Bertz CT molecular complexity index is 450. The van der Waals surface area contributed by atoms with Crippen LogP contribution in [0.15, 0.2) is 18.2 Å². The summed E-state index contributed by atoms with van der Waals surface area (Å²) in [7, 11) is 1.63. The first-order chi connectivity index (χ1) is 9.69. The van der Waals surface area contributed by atoms with E-state index in [0.717, 1.165) is 29.3 Å². The van der Waals surface area contributed by atoms with Crippen LogP contribution in [-0.2, 0) is 4.79 Å². The molecule has 1 saturated carbocycles. The number of benzene rings is 1. The highest BCUT2D eigenvalue weighted by molar-refractivity contribution is 5.92. The molecule has 0 bridgehead atoms. The van der Waals surface area contributed by atoms with Gasteiger partial charge in [-0.2, -0.15) is 0 Å². The van der Waals surface area contributed by atoms with E-state index in [1.807, 2.05) is 25.1 Å². The molecule has 0 aromatic heterocycles. The predicted molar refractivity (Wildman–Crippen MR) is 82.2 cm³/mol. The Kier molecular flexibility index (Phi) is 5.45. The van der Waals surface area contributed by atoms with Gasteiger partial charge in [-0.3, -0.25) is 4.79 Å². The molecular formula is C17H25NO2. The number of hydrogen-bond acceptors (Lipinski definition) is 2. The van der Waals surface area contributed by atoms with Gasteiger partial charge < -0.3 is 10.1 Å². The highest BCUT2D eigenvalue weighted by Gasteiger charge is 2.15. The summed E-state index contributed by atoms with van der Waals surface area (Å²) >= 11 is 0. The van der Waals surface area contributed by atoms with Crippen molar-refractivity contribution >= 4 is 11.6 Å². The zero-order chi connectivity index (χ0) is 14.4. The molecule has 1 aromatic rings. The maximum Gasteiger partial charge on any atom is 0.224 e. The molecule has 3 heteroatoms. The normalized spacial score (nSPS) is 15.9. The summed E-state index contributed by atoms with van der Waals surface area (Å²) < 4.78 is 5.28. The first kappa shape index (κ1) is 14.9. The minimum absolute atomic E-state index is 0.0967. The Morgan fingerprint density at radius 2 is 2.05 bits per heavy atom. The van der Waals surface area contributed by atoms with Gasteiger partial charge in [0.25, 0.3) is 0 Å². The van der Waals surface area contributed by atoms with Crippen LogP contribution < -0.4 is 10.1 Å². The number of aryl methyl sites for hydroxylation is 1. The van der Waals surface area contributed by atoms with E-state index in [-0.39, 0.29) is 5.91 Å². The van der Waals surface area contributed by atoms with Gasteiger partial charge in [-0.25, -0.2) is 0 Å². The highest BCUT2D eigenvalue weighted by Crippen LogP contribution is 2.28. The number of ether oxygens (including phenoxy) is 1. The molecule has 1 fully saturated rings. The van der Waals surface area contributed by atoms with Crippen LogP contribution in [0.2, 0.25) is 0 Å². The molecule has 0 spiro atoms. The van der Waals surface area contributed by atoms with E-state index in [4.69, 9.17) is 4.74 Å². The lowest BCUT2D eigenvalue weighted by molar-refractivity contribution is -0.116. The quantitative estimate of drug-likeness (QED) is 0.870. The highest BCUT2D eigenvalue weighted by atomic mass is 16.5. The fourth-order valence-electron chi connectivity index (χ4n) is 2.94. The molecule has 1 aliphatic rings. The lowest BCUT2D eigenvalue weighted by atomic mass is 9.86. The van der Waals surface area contributed by atoms with Gasteiger partial charge in [0, 0.05) is 6.42 Å². The number of carbonyl (C=O) groups is 1. The lowest BCUT2D eigenvalue weighted by Crippen LogP contribution is -2.15. The Balaban J connectivity index is 1.86. The summed E-state index contributed by atoms with van der Waals surface area (Å²) in [5, 5.41) is 2.98. The van der Waals surface area contributed by atoms with Crippen LogP contribution in [0.1, 0.15) is 50.5 Å². The van der Waals surface area contributed by atoms with Crippen molar-refractivity contribution in [3.63, 3.8) is 0 Å². The molecule has 0 radical (unpaired) electrons. The van der Waals surface area contributed by atoms with E-state index in [1.54, 1.807) is 7.11 Å². The first-order valence-electron chi connectivity index (χ1n) is 7.63. The summed E-state index contributed by atoms with van der Waals surface area (Å²) in [6.45, 7) is 2.01. The van der Waals surface area contributed by atoms with Crippen molar-refractivity contribution in [2.75, 3.05) is 12.4 Å². The van der Waals surface area contributed by atoms with Crippen LogP contribution in [-0.4, -0.2) is 13.0 Å². The molecule has 1 N–H and O–H groups in total. The Labute approximate surface area is 121 Å². The van der Waals surface area contributed by atoms with Gasteiger partial charge in [-0.15, -0.1) is 0 Å². The van der Waals surface area contributed by atoms with E-state index in [0.29, 0.717) is 6.42 Å². The van der Waals surface area contributed by atoms with Gasteiger partial charge in [0.2, 0.25) is 5.91 Å². The van der Waals surface area contributed by atoms with Crippen molar-refractivity contribution in [1.82, 2.24) is 0 Å².